The fraction of sp³-hybridized carbons (Fsp3) is 1.00. The first-order chi connectivity index (χ1) is 5.49. The van der Waals surface area contributed by atoms with E-state index in [1.54, 1.807) is 0 Å². The van der Waals surface area contributed by atoms with Gasteiger partial charge in [0.05, 0.1) is 12.7 Å². The Kier molecular flexibility index (Phi) is 3.82. The molecule has 2 fully saturated rings. The largest absolute Gasteiger partial charge is 1.00 e. The number of hydrogen-bond acceptors (Lipinski definition) is 3. The van der Waals surface area contributed by atoms with Crippen molar-refractivity contribution in [3.8, 4) is 0 Å². The molecule has 0 unspecified atom stereocenters. The summed E-state index contributed by atoms with van der Waals surface area (Å²) in [6, 6.07) is 0. The molecule has 4 heteroatoms. The van der Waals surface area contributed by atoms with Gasteiger partial charge in [-0.2, -0.15) is 12.6 Å². The van der Waals surface area contributed by atoms with Crippen LogP contribution in [0.25, 0.3) is 0 Å². The van der Waals surface area contributed by atoms with Gasteiger partial charge in [0.15, 0.2) is 5.79 Å². The molecular formula is C9H17NaO2S. The maximum atomic E-state index is 5.69. The maximum Gasteiger partial charge on any atom is 1.00 e. The SMILES string of the molecule is CC1(C)OC[C@H](CC2(S)CC2)O1.[H-].[Na+]. The maximum absolute atomic E-state index is 5.69. The van der Waals surface area contributed by atoms with Crippen LogP contribution in [0.15, 0.2) is 0 Å². The molecule has 2 rings (SSSR count). The van der Waals surface area contributed by atoms with Gasteiger partial charge in [-0.15, -0.1) is 0 Å². The average molecular weight is 212 g/mol. The minimum Gasteiger partial charge on any atom is -1.00 e. The van der Waals surface area contributed by atoms with Gasteiger partial charge in [-0.25, -0.2) is 0 Å². The number of rotatable bonds is 2. The first-order valence-corrected chi connectivity index (χ1v) is 4.98. The van der Waals surface area contributed by atoms with Gasteiger partial charge in [0, 0.05) is 4.75 Å². The van der Waals surface area contributed by atoms with Crippen LogP contribution in [0.5, 0.6) is 0 Å². The summed E-state index contributed by atoms with van der Waals surface area (Å²) in [7, 11) is 0. The molecule has 1 heterocycles. The number of ether oxygens (including phenoxy) is 2. The molecule has 0 aromatic heterocycles. The normalized spacial score (nSPS) is 33.9. The van der Waals surface area contributed by atoms with Crippen LogP contribution >= 0.6 is 12.6 Å². The van der Waals surface area contributed by atoms with Crippen LogP contribution in [0.3, 0.4) is 0 Å². The van der Waals surface area contributed by atoms with Crippen LogP contribution < -0.4 is 29.6 Å². The van der Waals surface area contributed by atoms with Crippen molar-refractivity contribution in [1.82, 2.24) is 0 Å². The molecular weight excluding hydrogens is 195 g/mol. The van der Waals surface area contributed by atoms with Gasteiger partial charge in [-0.3, -0.25) is 0 Å². The smallest absolute Gasteiger partial charge is 1.00 e. The Morgan fingerprint density at radius 3 is 2.46 bits per heavy atom. The van der Waals surface area contributed by atoms with E-state index in [0.717, 1.165) is 13.0 Å². The van der Waals surface area contributed by atoms with Gasteiger partial charge < -0.3 is 10.9 Å². The van der Waals surface area contributed by atoms with Crippen molar-refractivity contribution < 1.29 is 40.5 Å². The topological polar surface area (TPSA) is 18.5 Å². The summed E-state index contributed by atoms with van der Waals surface area (Å²) in [6.45, 7) is 4.66. The van der Waals surface area contributed by atoms with Crippen LogP contribution in [-0.2, 0) is 9.47 Å². The predicted molar refractivity (Wildman–Crippen MR) is 51.6 cm³/mol. The fourth-order valence-corrected chi connectivity index (χ4v) is 1.95. The summed E-state index contributed by atoms with van der Waals surface area (Å²) in [5, 5.41) is 0. The van der Waals surface area contributed by atoms with Gasteiger partial charge in [0.1, 0.15) is 0 Å². The van der Waals surface area contributed by atoms with Crippen LogP contribution in [0.4, 0.5) is 0 Å². The van der Waals surface area contributed by atoms with Crippen molar-refractivity contribution in [3.63, 3.8) is 0 Å². The number of thiol groups is 1. The summed E-state index contributed by atoms with van der Waals surface area (Å²) < 4.78 is 11.4. The van der Waals surface area contributed by atoms with E-state index in [9.17, 15) is 0 Å². The van der Waals surface area contributed by atoms with E-state index in [4.69, 9.17) is 9.47 Å². The zero-order valence-electron chi connectivity index (χ0n) is 9.67. The Labute approximate surface area is 109 Å². The Morgan fingerprint density at radius 2 is 2.08 bits per heavy atom. The molecule has 72 valence electrons. The van der Waals surface area contributed by atoms with E-state index < -0.39 is 0 Å². The average Bonchev–Trinajstić information content (AvgIpc) is 2.53. The summed E-state index contributed by atoms with van der Waals surface area (Å²) >= 11 is 4.56. The summed E-state index contributed by atoms with van der Waals surface area (Å²) in [5.41, 5.74) is 0. The minimum atomic E-state index is -0.371. The second-order valence-corrected chi connectivity index (χ2v) is 5.33. The molecule has 0 aromatic rings. The van der Waals surface area contributed by atoms with Crippen molar-refractivity contribution in [1.29, 1.82) is 0 Å². The van der Waals surface area contributed by atoms with Crippen molar-refractivity contribution in [3.05, 3.63) is 0 Å². The first kappa shape index (κ1) is 12.3. The summed E-state index contributed by atoms with van der Waals surface area (Å²) in [5.74, 6) is -0.371. The molecule has 1 aliphatic heterocycles. The number of hydrogen-bond donors (Lipinski definition) is 1. The zero-order valence-corrected chi connectivity index (χ0v) is 11.6. The van der Waals surface area contributed by atoms with Crippen molar-refractivity contribution in [2.24, 2.45) is 0 Å². The van der Waals surface area contributed by atoms with E-state index in [1.165, 1.54) is 12.8 Å². The Balaban J connectivity index is 0.000000845. The van der Waals surface area contributed by atoms with E-state index in [2.05, 4.69) is 12.6 Å². The Bertz CT molecular complexity index is 197. The molecule has 13 heavy (non-hydrogen) atoms. The van der Waals surface area contributed by atoms with E-state index in [1.807, 2.05) is 13.8 Å². The van der Waals surface area contributed by atoms with Crippen LogP contribution in [0.2, 0.25) is 0 Å². The van der Waals surface area contributed by atoms with E-state index in [-0.39, 0.29) is 47.6 Å². The van der Waals surface area contributed by atoms with Crippen LogP contribution in [-0.4, -0.2) is 23.2 Å². The molecule has 0 spiro atoms. The molecule has 1 atom stereocenters. The summed E-state index contributed by atoms with van der Waals surface area (Å²) in [6.07, 6.45) is 3.77. The van der Waals surface area contributed by atoms with Gasteiger partial charge >= 0.3 is 29.6 Å². The van der Waals surface area contributed by atoms with Crippen LogP contribution in [0.1, 0.15) is 34.5 Å². The third kappa shape index (κ3) is 3.40. The second kappa shape index (κ2) is 4.03. The molecule has 2 aliphatic rings. The third-order valence-electron chi connectivity index (χ3n) is 2.50. The molecule has 0 N–H and O–H groups in total. The molecule has 1 saturated carbocycles. The monoisotopic (exact) mass is 212 g/mol. The van der Waals surface area contributed by atoms with E-state index in [0.29, 0.717) is 0 Å². The molecule has 0 aromatic carbocycles. The molecule has 2 nitrogen and oxygen atoms in total. The van der Waals surface area contributed by atoms with Crippen molar-refractivity contribution in [2.45, 2.75) is 49.7 Å². The zero-order chi connectivity index (χ0) is 8.82. The van der Waals surface area contributed by atoms with Crippen molar-refractivity contribution >= 4 is 12.6 Å². The first-order valence-electron chi connectivity index (χ1n) is 4.53. The fourth-order valence-electron chi connectivity index (χ4n) is 1.64. The molecule has 0 bridgehead atoms. The minimum absolute atomic E-state index is 0. The van der Waals surface area contributed by atoms with Gasteiger partial charge in [-0.1, -0.05) is 0 Å². The Morgan fingerprint density at radius 1 is 1.46 bits per heavy atom. The quantitative estimate of drug-likeness (QED) is 0.473. The Hall–Kier alpha value is 1.27. The van der Waals surface area contributed by atoms with Gasteiger partial charge in [0.2, 0.25) is 0 Å². The van der Waals surface area contributed by atoms with Gasteiger partial charge in [-0.05, 0) is 33.1 Å². The van der Waals surface area contributed by atoms with Crippen molar-refractivity contribution in [2.75, 3.05) is 6.61 Å². The van der Waals surface area contributed by atoms with Crippen LogP contribution in [0, 0.1) is 0 Å². The predicted octanol–water partition coefficient (Wildman–Crippen LogP) is -0.893. The molecule has 1 aliphatic carbocycles. The van der Waals surface area contributed by atoms with E-state index >= 15 is 0 Å². The second-order valence-electron chi connectivity index (χ2n) is 4.38. The third-order valence-corrected chi connectivity index (χ3v) is 3.13. The summed E-state index contributed by atoms with van der Waals surface area (Å²) in [4.78, 5) is 0. The molecule has 0 amide bonds. The van der Waals surface area contributed by atoms with Gasteiger partial charge in [0.25, 0.3) is 0 Å². The molecule has 0 radical (unpaired) electrons. The standard InChI is InChI=1S/C9H16O2S.Na.H/c1-8(2)10-6-7(11-8)5-9(12)3-4-9;;/h7,12H,3-6H2,1-2H3;;/q;+1;-1/t7-;;/m0../s1. The molecule has 1 saturated heterocycles.